The summed E-state index contributed by atoms with van der Waals surface area (Å²) >= 11 is 14.0. The molecule has 21 heavy (non-hydrogen) atoms. The van der Waals surface area contributed by atoms with Crippen LogP contribution in [-0.2, 0) is 4.79 Å². The highest BCUT2D eigenvalue weighted by Gasteiger charge is 2.33. The number of carbonyl (C=O) groups is 1. The second-order valence-corrected chi connectivity index (χ2v) is 7.14. The second kappa shape index (κ2) is 5.55. The van der Waals surface area contributed by atoms with Gasteiger partial charge in [0.25, 0.3) is 0 Å². The first kappa shape index (κ1) is 14.8. The summed E-state index contributed by atoms with van der Waals surface area (Å²) in [6.45, 7) is 3.80. The predicted molar refractivity (Wildman–Crippen MR) is 87.3 cm³/mol. The van der Waals surface area contributed by atoms with Crippen molar-refractivity contribution in [3.8, 4) is 0 Å². The maximum absolute atomic E-state index is 12.1. The van der Waals surface area contributed by atoms with E-state index in [0.717, 1.165) is 16.8 Å². The number of halogens is 2. The summed E-state index contributed by atoms with van der Waals surface area (Å²) in [6, 6.07) is 5.55. The molecule has 2 atom stereocenters. The van der Waals surface area contributed by atoms with E-state index in [0.29, 0.717) is 15.9 Å². The summed E-state index contributed by atoms with van der Waals surface area (Å²) in [5, 5.41) is 10.7. The summed E-state index contributed by atoms with van der Waals surface area (Å²) in [7, 11) is 0. The van der Waals surface area contributed by atoms with Gasteiger partial charge in [-0.25, -0.2) is 0 Å². The van der Waals surface area contributed by atoms with E-state index in [2.05, 4.69) is 15.5 Å². The highest BCUT2D eigenvalue weighted by Crippen LogP contribution is 2.47. The van der Waals surface area contributed by atoms with Crippen molar-refractivity contribution in [3.05, 3.63) is 45.1 Å². The van der Waals surface area contributed by atoms with Gasteiger partial charge < -0.3 is 5.32 Å². The topological polar surface area (TPSA) is 57.8 Å². The Morgan fingerprint density at radius 3 is 2.86 bits per heavy atom. The maximum atomic E-state index is 12.1. The zero-order valence-electron chi connectivity index (χ0n) is 11.4. The Hall–Kier alpha value is -1.17. The zero-order valence-corrected chi connectivity index (χ0v) is 13.7. The minimum atomic E-state index is -0.210. The molecule has 1 amide bonds. The van der Waals surface area contributed by atoms with Gasteiger partial charge in [0, 0.05) is 11.3 Å². The van der Waals surface area contributed by atoms with Crippen LogP contribution in [-0.4, -0.2) is 21.4 Å². The van der Waals surface area contributed by atoms with Gasteiger partial charge in [0.15, 0.2) is 5.82 Å². The van der Waals surface area contributed by atoms with E-state index in [9.17, 15) is 4.79 Å². The van der Waals surface area contributed by atoms with Crippen molar-refractivity contribution >= 4 is 46.7 Å². The van der Waals surface area contributed by atoms with E-state index in [1.54, 1.807) is 6.07 Å². The fourth-order valence-corrected chi connectivity index (χ4v) is 4.20. The van der Waals surface area contributed by atoms with E-state index < -0.39 is 0 Å². The van der Waals surface area contributed by atoms with Crippen molar-refractivity contribution in [2.45, 2.75) is 24.3 Å². The van der Waals surface area contributed by atoms with Crippen LogP contribution in [0.2, 0.25) is 10.0 Å². The number of rotatable bonds is 1. The van der Waals surface area contributed by atoms with Gasteiger partial charge in [-0.15, -0.1) is 11.8 Å². The molecule has 0 saturated carbocycles. The number of amides is 1. The lowest BCUT2D eigenvalue weighted by Crippen LogP contribution is -2.21. The summed E-state index contributed by atoms with van der Waals surface area (Å²) in [4.78, 5) is 12.1. The van der Waals surface area contributed by atoms with E-state index in [4.69, 9.17) is 23.2 Å². The van der Waals surface area contributed by atoms with E-state index >= 15 is 0 Å². The van der Waals surface area contributed by atoms with Gasteiger partial charge in [-0.05, 0) is 25.5 Å². The molecule has 0 unspecified atom stereocenters. The Labute approximate surface area is 136 Å². The number of benzene rings is 1. The molecule has 7 heteroatoms. The number of nitrogens with one attached hydrogen (secondary N) is 2. The summed E-state index contributed by atoms with van der Waals surface area (Å²) in [5.74, 6) is 0.504. The van der Waals surface area contributed by atoms with Crippen LogP contribution in [0.15, 0.2) is 18.2 Å². The Bertz CT molecular complexity index is 716. The first-order valence-electron chi connectivity index (χ1n) is 6.44. The zero-order chi connectivity index (χ0) is 15.1. The molecule has 3 rings (SSSR count). The van der Waals surface area contributed by atoms with Gasteiger partial charge in [-0.2, -0.15) is 5.10 Å². The lowest BCUT2D eigenvalue weighted by atomic mass is 10.0. The molecule has 1 aliphatic rings. The van der Waals surface area contributed by atoms with Crippen molar-refractivity contribution in [3.63, 3.8) is 0 Å². The van der Waals surface area contributed by atoms with Crippen LogP contribution >= 0.6 is 35.0 Å². The lowest BCUT2D eigenvalue weighted by molar-refractivity contribution is -0.115. The van der Waals surface area contributed by atoms with Crippen LogP contribution in [0.4, 0.5) is 5.82 Å². The van der Waals surface area contributed by atoms with Gasteiger partial charge in [-0.3, -0.25) is 9.89 Å². The number of H-pyrrole nitrogens is 1. The molecule has 1 aromatic carbocycles. The molecular weight excluding hydrogens is 329 g/mol. The Morgan fingerprint density at radius 2 is 2.10 bits per heavy atom. The fourth-order valence-electron chi connectivity index (χ4n) is 2.36. The van der Waals surface area contributed by atoms with Crippen LogP contribution in [0, 0.1) is 6.92 Å². The van der Waals surface area contributed by atoms with Gasteiger partial charge in [0.2, 0.25) is 5.91 Å². The summed E-state index contributed by atoms with van der Waals surface area (Å²) in [5.41, 5.74) is 2.75. The smallest absolute Gasteiger partial charge is 0.238 e. The van der Waals surface area contributed by atoms with Crippen LogP contribution in [0.5, 0.6) is 0 Å². The number of carbonyl (C=O) groups excluding carboxylic acids is 1. The molecule has 110 valence electrons. The van der Waals surface area contributed by atoms with Crippen LogP contribution in [0.25, 0.3) is 0 Å². The molecule has 0 aliphatic carbocycles. The van der Waals surface area contributed by atoms with Gasteiger partial charge in [0.1, 0.15) is 0 Å². The van der Waals surface area contributed by atoms with Gasteiger partial charge in [-0.1, -0.05) is 35.3 Å². The average Bonchev–Trinajstić information content (AvgIpc) is 2.74. The van der Waals surface area contributed by atoms with Crippen LogP contribution < -0.4 is 5.32 Å². The number of fused-ring (bicyclic) bond motifs is 1. The van der Waals surface area contributed by atoms with Crippen molar-refractivity contribution in [2.24, 2.45) is 0 Å². The predicted octanol–water partition coefficient (Wildman–Crippen LogP) is 4.19. The fraction of sp³-hybridized carbons (Fsp3) is 0.286. The van der Waals surface area contributed by atoms with Gasteiger partial charge in [0.05, 0.1) is 20.5 Å². The number of nitrogens with zero attached hydrogens (tertiary/aromatic N) is 1. The van der Waals surface area contributed by atoms with Crippen molar-refractivity contribution in [1.29, 1.82) is 0 Å². The first-order valence-corrected chi connectivity index (χ1v) is 8.14. The number of hydrogen-bond acceptors (Lipinski definition) is 3. The molecular formula is C14H13Cl2N3OS. The minimum absolute atomic E-state index is 0.0617. The monoisotopic (exact) mass is 341 g/mol. The molecule has 1 aliphatic heterocycles. The maximum Gasteiger partial charge on any atom is 0.238 e. The third-order valence-corrected chi connectivity index (χ3v) is 5.69. The third kappa shape index (κ3) is 2.54. The average molecular weight is 342 g/mol. The number of aromatic amines is 1. The standard InChI is InChI=1S/C14H13Cl2N3OS/c1-6-10-12(8-4-3-5-9(15)11(8)16)21-7(2)14(20)17-13(10)19-18-6/h3-5,7,12H,1-2H3,(H2,17,18,19,20)/t7-,12+/m0/s1. The molecule has 2 heterocycles. The lowest BCUT2D eigenvalue weighted by Gasteiger charge is -2.19. The number of aryl methyl sites for hydroxylation is 1. The molecule has 0 bridgehead atoms. The number of hydrogen-bond donors (Lipinski definition) is 2. The molecule has 0 fully saturated rings. The number of thioether (sulfide) groups is 1. The van der Waals surface area contributed by atoms with E-state index in [1.807, 2.05) is 26.0 Å². The number of aromatic nitrogens is 2. The molecule has 4 nitrogen and oxygen atoms in total. The molecule has 2 aromatic rings. The third-order valence-electron chi connectivity index (χ3n) is 3.47. The highest BCUT2D eigenvalue weighted by molar-refractivity contribution is 8.01. The summed E-state index contributed by atoms with van der Waals surface area (Å²) in [6.07, 6.45) is 0. The number of anilines is 1. The second-order valence-electron chi connectivity index (χ2n) is 4.90. The minimum Gasteiger partial charge on any atom is -0.308 e. The largest absolute Gasteiger partial charge is 0.308 e. The normalized spacial score (nSPS) is 21.6. The van der Waals surface area contributed by atoms with Crippen molar-refractivity contribution in [1.82, 2.24) is 10.2 Å². The molecule has 1 aromatic heterocycles. The highest BCUT2D eigenvalue weighted by atomic mass is 35.5. The first-order chi connectivity index (χ1) is 9.99. The van der Waals surface area contributed by atoms with Crippen LogP contribution in [0.3, 0.4) is 0 Å². The molecule has 0 spiro atoms. The van der Waals surface area contributed by atoms with E-state index in [-0.39, 0.29) is 16.4 Å². The van der Waals surface area contributed by atoms with Crippen molar-refractivity contribution in [2.75, 3.05) is 5.32 Å². The van der Waals surface area contributed by atoms with E-state index in [1.165, 1.54) is 11.8 Å². The Morgan fingerprint density at radius 1 is 1.33 bits per heavy atom. The Balaban J connectivity index is 2.18. The van der Waals surface area contributed by atoms with Crippen molar-refractivity contribution < 1.29 is 4.79 Å². The van der Waals surface area contributed by atoms with Crippen LogP contribution in [0.1, 0.15) is 29.0 Å². The Kier molecular flexibility index (Phi) is 3.90. The summed E-state index contributed by atoms with van der Waals surface area (Å²) < 4.78 is 0. The van der Waals surface area contributed by atoms with Gasteiger partial charge >= 0.3 is 0 Å². The quantitative estimate of drug-likeness (QED) is 0.817. The molecule has 0 radical (unpaired) electrons. The SMILES string of the molecule is Cc1[nH]nc2c1[C@@H](c1cccc(Cl)c1Cl)S[C@@H](C)C(=O)N2. The molecule has 0 saturated heterocycles. The molecule has 2 N–H and O–H groups in total.